The van der Waals surface area contributed by atoms with Crippen LogP contribution >= 0.6 is 0 Å². The second-order valence-corrected chi connectivity index (χ2v) is 8.78. The van der Waals surface area contributed by atoms with E-state index in [4.69, 9.17) is 0 Å². The summed E-state index contributed by atoms with van der Waals surface area (Å²) in [6, 6.07) is 24.7. The molecule has 0 amide bonds. The van der Waals surface area contributed by atoms with Crippen LogP contribution in [0.5, 0.6) is 0 Å². The predicted octanol–water partition coefficient (Wildman–Crippen LogP) is 6.03. The van der Waals surface area contributed by atoms with Gasteiger partial charge in [-0.15, -0.1) is 12.1 Å². The van der Waals surface area contributed by atoms with Crippen LogP contribution in [0.3, 0.4) is 0 Å². The first-order chi connectivity index (χ1) is 18.5. The van der Waals surface area contributed by atoms with Crippen molar-refractivity contribution >= 4 is 27.5 Å². The van der Waals surface area contributed by atoms with Crippen molar-refractivity contribution in [3.63, 3.8) is 0 Å². The number of benzene rings is 2. The van der Waals surface area contributed by atoms with Gasteiger partial charge in [0.25, 0.3) is 0 Å². The fourth-order valence-corrected chi connectivity index (χ4v) is 4.77. The van der Waals surface area contributed by atoms with Crippen molar-refractivity contribution < 1.29 is 24.5 Å². The predicted molar refractivity (Wildman–Crippen MR) is 144 cm³/mol. The third-order valence-corrected chi connectivity index (χ3v) is 6.26. The molecule has 9 heteroatoms. The molecule has 0 saturated heterocycles. The first kappa shape index (κ1) is 26.3. The van der Waals surface area contributed by atoms with Crippen LogP contribution in [0.2, 0.25) is 0 Å². The number of aromatic nitrogens is 7. The van der Waals surface area contributed by atoms with Gasteiger partial charge in [-0.25, -0.2) is 14.4 Å². The maximum atomic E-state index is 13.8. The summed E-state index contributed by atoms with van der Waals surface area (Å²) in [4.78, 5) is 17.8. The molecule has 0 bridgehead atoms. The number of para-hydroxylation sites is 2. The number of hydrogen-bond acceptors (Lipinski definition) is 5. The third kappa shape index (κ3) is 4.82. The summed E-state index contributed by atoms with van der Waals surface area (Å²) in [5.41, 5.74) is 6.76. The standard InChI is InChI=1S/C21H15FN5.C9H7N2.Ir/c1-11-19(12(2)25-13(3)24-11)17-10-23-21-15-8-9-18(22)26-20(15)14-6-4-5-7-16(14)27(17)21;1-2-5-9(6-3-1)11-8-4-7-10-11;/h4-7,9-10H,1-3H3;1-5,7-8H;/q2*-1;. The van der Waals surface area contributed by atoms with Crippen LogP contribution < -0.4 is 0 Å². The van der Waals surface area contributed by atoms with E-state index in [1.165, 1.54) is 6.07 Å². The Morgan fingerprint density at radius 1 is 0.872 bits per heavy atom. The van der Waals surface area contributed by atoms with Crippen molar-refractivity contribution in [3.05, 3.63) is 115 Å². The van der Waals surface area contributed by atoms with Gasteiger partial charge in [-0.05, 0) is 49.5 Å². The number of imidazole rings is 1. The Bertz CT molecular complexity index is 1890. The van der Waals surface area contributed by atoms with Crippen molar-refractivity contribution in [3.8, 4) is 16.9 Å². The molecule has 39 heavy (non-hydrogen) atoms. The molecule has 5 aromatic heterocycles. The van der Waals surface area contributed by atoms with Crippen LogP contribution in [0, 0.1) is 38.9 Å². The monoisotopic (exact) mass is 692 g/mol. The van der Waals surface area contributed by atoms with Gasteiger partial charge < -0.3 is 9.38 Å². The van der Waals surface area contributed by atoms with Gasteiger partial charge in [-0.2, -0.15) is 29.4 Å². The average molecular weight is 692 g/mol. The van der Waals surface area contributed by atoms with Crippen molar-refractivity contribution in [2.75, 3.05) is 0 Å². The minimum Gasteiger partial charge on any atom is -0.333 e. The number of fused-ring (bicyclic) bond motifs is 6. The Kier molecular flexibility index (Phi) is 7.28. The van der Waals surface area contributed by atoms with Crippen LogP contribution in [0.25, 0.3) is 44.4 Å². The fraction of sp³-hybridized carbons (Fsp3) is 0.100. The second kappa shape index (κ2) is 10.8. The maximum Gasteiger partial charge on any atom is 0.126 e. The van der Waals surface area contributed by atoms with Crippen molar-refractivity contribution in [2.24, 2.45) is 0 Å². The van der Waals surface area contributed by atoms with Crippen molar-refractivity contribution in [1.82, 2.24) is 34.1 Å². The van der Waals surface area contributed by atoms with Crippen LogP contribution in [0.4, 0.5) is 4.39 Å². The van der Waals surface area contributed by atoms with Gasteiger partial charge in [-0.3, -0.25) is 9.67 Å². The number of halogens is 1. The summed E-state index contributed by atoms with van der Waals surface area (Å²) < 4.78 is 17.6. The molecule has 0 unspecified atom stereocenters. The summed E-state index contributed by atoms with van der Waals surface area (Å²) in [5, 5.41) is 5.60. The molecule has 0 aliphatic heterocycles. The summed E-state index contributed by atoms with van der Waals surface area (Å²) in [6.45, 7) is 5.84. The fourth-order valence-electron chi connectivity index (χ4n) is 4.77. The molecule has 2 aromatic carbocycles. The zero-order valence-electron chi connectivity index (χ0n) is 21.3. The molecule has 0 N–H and O–H groups in total. The number of hydrogen-bond donors (Lipinski definition) is 0. The molecular formula is C30H22FIrN7-2. The molecule has 0 aliphatic rings. The number of aryl methyl sites for hydroxylation is 3. The Labute approximate surface area is 237 Å². The zero-order valence-corrected chi connectivity index (χ0v) is 23.7. The van der Waals surface area contributed by atoms with Crippen molar-refractivity contribution in [2.45, 2.75) is 20.8 Å². The summed E-state index contributed by atoms with van der Waals surface area (Å²) in [5.74, 6) is 0.188. The quantitative estimate of drug-likeness (QED) is 0.126. The third-order valence-electron chi connectivity index (χ3n) is 6.26. The van der Waals surface area contributed by atoms with Gasteiger partial charge in [0, 0.05) is 49.8 Å². The van der Waals surface area contributed by atoms with E-state index in [1.54, 1.807) is 10.9 Å². The van der Waals surface area contributed by atoms with E-state index in [9.17, 15) is 4.39 Å². The Morgan fingerprint density at radius 2 is 1.64 bits per heavy atom. The normalized spacial score (nSPS) is 10.9. The molecule has 0 fully saturated rings. The van der Waals surface area contributed by atoms with Gasteiger partial charge in [-0.1, -0.05) is 29.7 Å². The molecule has 195 valence electrons. The van der Waals surface area contributed by atoms with E-state index in [1.807, 2.05) is 87.8 Å². The Hall–Kier alpha value is -4.33. The molecule has 7 rings (SSSR count). The number of nitrogens with zero attached hydrogens (tertiary/aromatic N) is 7. The van der Waals surface area contributed by atoms with Crippen LogP contribution in [-0.2, 0) is 20.1 Å². The SMILES string of the molecule is Cc1nc(C)c(-c2cnc3c4[c-]cc(F)nc4c4ccccc4n23)c(C)n1.[Ir].[c-]1ccccc1-n1cccn1. The van der Waals surface area contributed by atoms with E-state index in [2.05, 4.69) is 41.6 Å². The Morgan fingerprint density at radius 3 is 2.36 bits per heavy atom. The largest absolute Gasteiger partial charge is 0.333 e. The summed E-state index contributed by atoms with van der Waals surface area (Å²) in [6.07, 6.45) is 5.46. The van der Waals surface area contributed by atoms with E-state index >= 15 is 0 Å². The molecule has 1 radical (unpaired) electrons. The van der Waals surface area contributed by atoms with E-state index in [0.29, 0.717) is 16.6 Å². The second-order valence-electron chi connectivity index (χ2n) is 8.78. The average Bonchev–Trinajstić information content (AvgIpc) is 3.61. The molecule has 0 aliphatic carbocycles. The van der Waals surface area contributed by atoms with Crippen LogP contribution in [-0.4, -0.2) is 34.1 Å². The van der Waals surface area contributed by atoms with Gasteiger partial charge in [0.2, 0.25) is 0 Å². The van der Waals surface area contributed by atoms with Crippen molar-refractivity contribution in [1.29, 1.82) is 0 Å². The smallest absolute Gasteiger partial charge is 0.126 e. The number of pyridine rings is 2. The molecule has 7 aromatic rings. The minimum atomic E-state index is -0.553. The van der Waals surface area contributed by atoms with E-state index < -0.39 is 5.95 Å². The summed E-state index contributed by atoms with van der Waals surface area (Å²) in [7, 11) is 0. The van der Waals surface area contributed by atoms with E-state index in [0.717, 1.165) is 45.1 Å². The molecule has 0 atom stereocenters. The van der Waals surface area contributed by atoms with E-state index in [-0.39, 0.29) is 20.1 Å². The first-order valence-electron chi connectivity index (χ1n) is 12.1. The molecule has 7 nitrogen and oxygen atoms in total. The number of rotatable bonds is 2. The molecule has 0 spiro atoms. The van der Waals surface area contributed by atoms with Crippen LogP contribution in [0.1, 0.15) is 17.2 Å². The van der Waals surface area contributed by atoms with Gasteiger partial charge >= 0.3 is 0 Å². The van der Waals surface area contributed by atoms with Gasteiger partial charge in [0.1, 0.15) is 11.8 Å². The summed E-state index contributed by atoms with van der Waals surface area (Å²) >= 11 is 0. The van der Waals surface area contributed by atoms with Gasteiger partial charge in [0.05, 0.1) is 22.7 Å². The molecule has 0 saturated carbocycles. The first-order valence-corrected chi connectivity index (χ1v) is 12.1. The van der Waals surface area contributed by atoms with Crippen LogP contribution in [0.15, 0.2) is 79.3 Å². The maximum absolute atomic E-state index is 13.8. The Balaban J connectivity index is 0.000000216. The van der Waals surface area contributed by atoms with Gasteiger partial charge in [0.15, 0.2) is 0 Å². The molecule has 5 heterocycles. The zero-order chi connectivity index (χ0) is 26.2. The molecular weight excluding hydrogens is 670 g/mol. The topological polar surface area (TPSA) is 73.8 Å². The minimum absolute atomic E-state index is 0.